The molecule has 68 valence electrons. The topological polar surface area (TPSA) is 36.9 Å². The van der Waals surface area contributed by atoms with Gasteiger partial charge >= 0.3 is 0 Å². The van der Waals surface area contributed by atoms with Crippen molar-refractivity contribution in [1.82, 2.24) is 0 Å². The molecule has 1 heterocycles. The van der Waals surface area contributed by atoms with Crippen molar-refractivity contribution >= 4 is 0 Å². The highest BCUT2D eigenvalue weighted by atomic mass is 16.3. The van der Waals surface area contributed by atoms with Gasteiger partial charge < -0.3 is 4.42 Å². The van der Waals surface area contributed by atoms with Crippen LogP contribution in [0.1, 0.15) is 11.1 Å². The average molecular weight is 183 g/mol. The summed E-state index contributed by atoms with van der Waals surface area (Å²) in [6.45, 7) is 1.99. The van der Waals surface area contributed by atoms with E-state index in [-0.39, 0.29) is 0 Å². The molecule has 0 aliphatic heterocycles. The lowest BCUT2D eigenvalue weighted by atomic mass is 10.0. The van der Waals surface area contributed by atoms with Crippen LogP contribution in [0.25, 0.3) is 11.3 Å². The van der Waals surface area contributed by atoms with Crippen molar-refractivity contribution in [2.24, 2.45) is 0 Å². The Morgan fingerprint density at radius 1 is 1.29 bits per heavy atom. The quantitative estimate of drug-likeness (QED) is 0.681. The largest absolute Gasteiger partial charge is 0.464 e. The highest BCUT2D eigenvalue weighted by Gasteiger charge is 2.06. The van der Waals surface area contributed by atoms with Gasteiger partial charge in [0.15, 0.2) is 0 Å². The maximum Gasteiger partial charge on any atom is 0.135 e. The van der Waals surface area contributed by atoms with E-state index in [0.717, 1.165) is 16.9 Å². The van der Waals surface area contributed by atoms with Gasteiger partial charge in [0.05, 0.1) is 17.9 Å². The minimum atomic E-state index is 0.644. The first-order valence-corrected chi connectivity index (χ1v) is 4.36. The number of furan rings is 1. The Morgan fingerprint density at radius 2 is 2.14 bits per heavy atom. The molecule has 1 aromatic carbocycles. The smallest absolute Gasteiger partial charge is 0.135 e. The highest BCUT2D eigenvalue weighted by molar-refractivity contribution is 5.66. The van der Waals surface area contributed by atoms with Gasteiger partial charge in [-0.2, -0.15) is 5.26 Å². The van der Waals surface area contributed by atoms with E-state index in [1.54, 1.807) is 6.26 Å². The van der Waals surface area contributed by atoms with Gasteiger partial charge in [-0.25, -0.2) is 0 Å². The number of nitriles is 1. The van der Waals surface area contributed by atoms with E-state index in [1.807, 2.05) is 37.3 Å². The molecule has 0 aliphatic carbocycles. The summed E-state index contributed by atoms with van der Waals surface area (Å²) in [5.74, 6) is 0.741. The Kier molecular flexibility index (Phi) is 2.08. The first-order valence-electron chi connectivity index (χ1n) is 4.36. The third-order valence-electron chi connectivity index (χ3n) is 2.08. The zero-order valence-corrected chi connectivity index (χ0v) is 7.82. The molecule has 0 radical (unpaired) electrons. The van der Waals surface area contributed by atoms with Crippen LogP contribution in [0.4, 0.5) is 0 Å². The van der Waals surface area contributed by atoms with Gasteiger partial charge in [0, 0.05) is 5.56 Å². The second kappa shape index (κ2) is 3.39. The third-order valence-corrected chi connectivity index (χ3v) is 2.08. The van der Waals surface area contributed by atoms with Crippen LogP contribution in [0.15, 0.2) is 41.0 Å². The van der Waals surface area contributed by atoms with E-state index < -0.39 is 0 Å². The number of aryl methyl sites for hydroxylation is 1. The van der Waals surface area contributed by atoms with Crippen molar-refractivity contribution in [1.29, 1.82) is 5.26 Å². The monoisotopic (exact) mass is 183 g/mol. The minimum Gasteiger partial charge on any atom is -0.464 e. The molecule has 0 fully saturated rings. The Morgan fingerprint density at radius 3 is 2.79 bits per heavy atom. The molecule has 2 nitrogen and oxygen atoms in total. The lowest BCUT2D eigenvalue weighted by Gasteiger charge is -2.01. The number of hydrogen-bond donors (Lipinski definition) is 0. The van der Waals surface area contributed by atoms with Crippen molar-refractivity contribution in [2.75, 3.05) is 0 Å². The predicted octanol–water partition coefficient (Wildman–Crippen LogP) is 3.13. The molecule has 0 spiro atoms. The summed E-state index contributed by atoms with van der Waals surface area (Å²) in [5.41, 5.74) is 2.62. The van der Waals surface area contributed by atoms with Crippen molar-refractivity contribution in [3.05, 3.63) is 47.7 Å². The Bertz CT molecular complexity index is 478. The Balaban J connectivity index is 2.63. The molecule has 2 heteroatoms. The van der Waals surface area contributed by atoms with Crippen LogP contribution in [-0.4, -0.2) is 0 Å². The van der Waals surface area contributed by atoms with Crippen LogP contribution < -0.4 is 0 Å². The highest BCUT2D eigenvalue weighted by Crippen LogP contribution is 2.24. The second-order valence-corrected chi connectivity index (χ2v) is 3.14. The molecule has 0 saturated carbocycles. The molecule has 14 heavy (non-hydrogen) atoms. The van der Waals surface area contributed by atoms with Crippen molar-refractivity contribution in [3.63, 3.8) is 0 Å². The molecular weight excluding hydrogens is 174 g/mol. The van der Waals surface area contributed by atoms with Gasteiger partial charge in [0.2, 0.25) is 0 Å². The number of rotatable bonds is 1. The van der Waals surface area contributed by atoms with Gasteiger partial charge in [-0.3, -0.25) is 0 Å². The summed E-state index contributed by atoms with van der Waals surface area (Å²) in [5, 5.41) is 8.92. The Labute approximate surface area is 82.4 Å². The molecule has 0 atom stereocenters. The van der Waals surface area contributed by atoms with Crippen LogP contribution in [0, 0.1) is 18.3 Å². The minimum absolute atomic E-state index is 0.644. The molecule has 0 saturated heterocycles. The molecule has 2 aromatic rings. The van der Waals surface area contributed by atoms with Crippen molar-refractivity contribution in [3.8, 4) is 17.4 Å². The van der Waals surface area contributed by atoms with E-state index in [1.165, 1.54) is 0 Å². The van der Waals surface area contributed by atoms with Crippen LogP contribution in [-0.2, 0) is 0 Å². The molecular formula is C12H9NO. The summed E-state index contributed by atoms with van der Waals surface area (Å²) < 4.78 is 5.27. The van der Waals surface area contributed by atoms with Crippen molar-refractivity contribution < 1.29 is 4.42 Å². The first kappa shape index (κ1) is 8.58. The van der Waals surface area contributed by atoms with Crippen LogP contribution in [0.2, 0.25) is 0 Å². The number of nitrogens with zero attached hydrogens (tertiary/aromatic N) is 1. The fourth-order valence-electron chi connectivity index (χ4n) is 1.39. The normalized spacial score (nSPS) is 9.71. The molecule has 2 rings (SSSR count). The van der Waals surface area contributed by atoms with Crippen molar-refractivity contribution in [2.45, 2.75) is 6.92 Å². The average Bonchev–Trinajstić information content (AvgIpc) is 2.70. The van der Waals surface area contributed by atoms with Crippen LogP contribution in [0.5, 0.6) is 0 Å². The molecule has 0 bridgehead atoms. The molecule has 1 aromatic heterocycles. The summed E-state index contributed by atoms with van der Waals surface area (Å²) >= 11 is 0. The first-order chi connectivity index (χ1) is 6.81. The lowest BCUT2D eigenvalue weighted by molar-refractivity contribution is 0.582. The van der Waals surface area contributed by atoms with E-state index in [4.69, 9.17) is 9.68 Å². The number of benzene rings is 1. The summed E-state index contributed by atoms with van der Waals surface area (Å²) in [7, 11) is 0. The molecule has 0 aliphatic rings. The fourth-order valence-corrected chi connectivity index (χ4v) is 1.39. The standard InChI is InChI=1S/C12H9NO/c1-9-4-5-10(8-13)11(7-9)12-3-2-6-14-12/h2-7H,1H3. The van der Waals surface area contributed by atoms with E-state index in [0.29, 0.717) is 5.56 Å². The van der Waals surface area contributed by atoms with E-state index >= 15 is 0 Å². The maximum atomic E-state index is 8.92. The number of hydrogen-bond acceptors (Lipinski definition) is 2. The zero-order chi connectivity index (χ0) is 9.97. The predicted molar refractivity (Wildman–Crippen MR) is 53.6 cm³/mol. The van der Waals surface area contributed by atoms with Gasteiger partial charge in [-0.1, -0.05) is 11.6 Å². The van der Waals surface area contributed by atoms with Gasteiger partial charge in [-0.05, 0) is 31.2 Å². The van der Waals surface area contributed by atoms with E-state index in [2.05, 4.69) is 6.07 Å². The summed E-state index contributed by atoms with van der Waals surface area (Å²) in [4.78, 5) is 0. The van der Waals surface area contributed by atoms with E-state index in [9.17, 15) is 0 Å². The second-order valence-electron chi connectivity index (χ2n) is 3.14. The lowest BCUT2D eigenvalue weighted by Crippen LogP contribution is -1.83. The Hall–Kier alpha value is -2.01. The van der Waals surface area contributed by atoms with Crippen LogP contribution in [0.3, 0.4) is 0 Å². The summed E-state index contributed by atoms with van der Waals surface area (Å²) in [6.07, 6.45) is 1.61. The van der Waals surface area contributed by atoms with Gasteiger partial charge in [0.25, 0.3) is 0 Å². The fraction of sp³-hybridized carbons (Fsp3) is 0.0833. The van der Waals surface area contributed by atoms with Gasteiger partial charge in [0.1, 0.15) is 5.76 Å². The maximum absolute atomic E-state index is 8.92. The zero-order valence-electron chi connectivity index (χ0n) is 7.82. The third kappa shape index (κ3) is 1.40. The SMILES string of the molecule is Cc1ccc(C#N)c(-c2ccco2)c1. The molecule has 0 unspecified atom stereocenters. The molecule has 0 N–H and O–H groups in total. The molecule has 0 amide bonds. The van der Waals surface area contributed by atoms with Crippen LogP contribution >= 0.6 is 0 Å². The summed E-state index contributed by atoms with van der Waals surface area (Å²) in [6, 6.07) is 11.5. The van der Waals surface area contributed by atoms with Gasteiger partial charge in [-0.15, -0.1) is 0 Å².